The summed E-state index contributed by atoms with van der Waals surface area (Å²) in [6, 6.07) is 0. The van der Waals surface area contributed by atoms with E-state index >= 15 is 0 Å². The summed E-state index contributed by atoms with van der Waals surface area (Å²) < 4.78 is 0.320. The van der Waals surface area contributed by atoms with E-state index in [1.54, 1.807) is 0 Å². The van der Waals surface area contributed by atoms with Crippen molar-refractivity contribution in [3.63, 3.8) is 0 Å². The molecule has 2 aliphatic carbocycles. The highest BCUT2D eigenvalue weighted by molar-refractivity contribution is 9.25. The van der Waals surface area contributed by atoms with Gasteiger partial charge in [-0.1, -0.05) is 96.1 Å². The lowest BCUT2D eigenvalue weighted by molar-refractivity contribution is 0.493. The fourth-order valence-electron chi connectivity index (χ4n) is 3.39. The minimum Gasteiger partial charge on any atom is -0.0721 e. The van der Waals surface area contributed by atoms with Crippen LogP contribution in [-0.2, 0) is 0 Å². The van der Waals surface area contributed by atoms with Crippen LogP contribution in [0.5, 0.6) is 0 Å². The molecule has 100 valence electrons. The van der Waals surface area contributed by atoms with Crippen molar-refractivity contribution < 1.29 is 0 Å². The summed E-state index contributed by atoms with van der Waals surface area (Å²) in [4.78, 5) is 0. The summed E-state index contributed by atoms with van der Waals surface area (Å²) in [5.41, 5.74) is 0. The normalized spacial score (nSPS) is 35.6. The van der Waals surface area contributed by atoms with Crippen molar-refractivity contribution in [3.05, 3.63) is 0 Å². The SMILES string of the molecule is BrC1(Br)C2CCCCCCCCCCCCC21. The van der Waals surface area contributed by atoms with Gasteiger partial charge in [0.15, 0.2) is 0 Å². The van der Waals surface area contributed by atoms with Crippen molar-refractivity contribution in [3.8, 4) is 0 Å². The third-order valence-electron chi connectivity index (χ3n) is 4.65. The molecule has 2 atom stereocenters. The number of hydrogen-bond acceptors (Lipinski definition) is 0. The zero-order valence-electron chi connectivity index (χ0n) is 10.9. The maximum absolute atomic E-state index is 3.89. The lowest BCUT2D eigenvalue weighted by Gasteiger charge is -2.05. The average molecular weight is 366 g/mol. The van der Waals surface area contributed by atoms with Gasteiger partial charge in [-0.25, -0.2) is 0 Å². The molecule has 0 N–H and O–H groups in total. The number of hydrogen-bond donors (Lipinski definition) is 0. The number of halogens is 2. The number of fused-ring (bicyclic) bond motifs is 1. The van der Waals surface area contributed by atoms with Crippen LogP contribution in [0.25, 0.3) is 0 Å². The standard InChI is InChI=1S/C15H26Br2/c16-15(17)13-11-9-7-5-3-1-2-4-6-8-10-12-14(13)15/h13-14H,1-12H2. The van der Waals surface area contributed by atoms with Crippen LogP contribution >= 0.6 is 31.9 Å². The Kier molecular flexibility index (Phi) is 5.86. The third-order valence-corrected chi connectivity index (χ3v) is 7.00. The lowest BCUT2D eigenvalue weighted by atomic mass is 10.0. The number of rotatable bonds is 0. The Morgan fingerprint density at radius 3 is 1.18 bits per heavy atom. The highest BCUT2D eigenvalue weighted by Gasteiger charge is 2.59. The van der Waals surface area contributed by atoms with Gasteiger partial charge in [-0.3, -0.25) is 0 Å². The fraction of sp³-hybridized carbons (Fsp3) is 1.00. The van der Waals surface area contributed by atoms with Gasteiger partial charge >= 0.3 is 0 Å². The molecule has 2 rings (SSSR count). The van der Waals surface area contributed by atoms with Crippen molar-refractivity contribution in [1.82, 2.24) is 0 Å². The molecular weight excluding hydrogens is 340 g/mol. The van der Waals surface area contributed by atoms with Gasteiger partial charge in [0, 0.05) is 0 Å². The van der Waals surface area contributed by atoms with Crippen molar-refractivity contribution in [2.75, 3.05) is 0 Å². The van der Waals surface area contributed by atoms with Gasteiger partial charge in [0.2, 0.25) is 0 Å². The lowest BCUT2D eigenvalue weighted by Crippen LogP contribution is -1.89. The highest BCUT2D eigenvalue weighted by atomic mass is 79.9. The molecule has 2 saturated carbocycles. The third kappa shape index (κ3) is 4.23. The van der Waals surface area contributed by atoms with Crippen LogP contribution in [-0.4, -0.2) is 3.23 Å². The summed E-state index contributed by atoms with van der Waals surface area (Å²) in [5, 5.41) is 0. The number of alkyl halides is 2. The molecule has 2 unspecified atom stereocenters. The van der Waals surface area contributed by atoms with Crippen molar-refractivity contribution >= 4 is 31.9 Å². The van der Waals surface area contributed by atoms with Gasteiger partial charge in [-0.15, -0.1) is 0 Å². The van der Waals surface area contributed by atoms with Gasteiger partial charge in [-0.2, -0.15) is 0 Å². The minimum atomic E-state index is 0.320. The Bertz CT molecular complexity index is 203. The van der Waals surface area contributed by atoms with Crippen molar-refractivity contribution in [2.24, 2.45) is 11.8 Å². The Morgan fingerprint density at radius 1 is 0.529 bits per heavy atom. The first-order chi connectivity index (χ1) is 8.23. The summed E-state index contributed by atoms with van der Waals surface area (Å²) in [5.74, 6) is 1.82. The highest BCUT2D eigenvalue weighted by Crippen LogP contribution is 2.65. The molecule has 17 heavy (non-hydrogen) atoms. The first-order valence-corrected chi connectivity index (χ1v) is 9.19. The molecule has 0 aromatic carbocycles. The Hall–Kier alpha value is 0.960. The molecule has 2 heteroatoms. The summed E-state index contributed by atoms with van der Waals surface area (Å²) in [6.07, 6.45) is 17.5. The Balaban J connectivity index is 1.74. The first kappa shape index (κ1) is 14.4. The molecule has 0 radical (unpaired) electrons. The van der Waals surface area contributed by atoms with E-state index in [2.05, 4.69) is 31.9 Å². The summed E-state index contributed by atoms with van der Waals surface area (Å²) in [7, 11) is 0. The van der Waals surface area contributed by atoms with E-state index in [0.29, 0.717) is 3.23 Å². The molecule has 2 fully saturated rings. The zero-order valence-corrected chi connectivity index (χ0v) is 14.1. The van der Waals surface area contributed by atoms with E-state index in [1.807, 2.05) is 0 Å². The molecule has 0 spiro atoms. The van der Waals surface area contributed by atoms with Gasteiger partial charge in [-0.05, 0) is 24.7 Å². The molecule has 0 aromatic rings. The second-order valence-corrected chi connectivity index (χ2v) is 9.69. The van der Waals surface area contributed by atoms with Crippen molar-refractivity contribution in [2.45, 2.75) is 80.3 Å². The van der Waals surface area contributed by atoms with Crippen LogP contribution in [0.15, 0.2) is 0 Å². The Morgan fingerprint density at radius 2 is 0.824 bits per heavy atom. The molecule has 0 heterocycles. The quantitative estimate of drug-likeness (QED) is 0.435. The van der Waals surface area contributed by atoms with E-state index in [-0.39, 0.29) is 0 Å². The van der Waals surface area contributed by atoms with Crippen LogP contribution in [0.2, 0.25) is 0 Å². The maximum atomic E-state index is 3.89. The van der Waals surface area contributed by atoms with Gasteiger partial charge in [0.1, 0.15) is 0 Å². The van der Waals surface area contributed by atoms with Gasteiger partial charge in [0.05, 0.1) is 3.23 Å². The van der Waals surface area contributed by atoms with E-state index in [9.17, 15) is 0 Å². The second-order valence-electron chi connectivity index (χ2n) is 6.00. The Labute approximate surface area is 124 Å². The maximum Gasteiger partial charge on any atom is 0.0868 e. The van der Waals surface area contributed by atoms with Crippen LogP contribution < -0.4 is 0 Å². The summed E-state index contributed by atoms with van der Waals surface area (Å²) in [6.45, 7) is 0. The van der Waals surface area contributed by atoms with E-state index in [0.717, 1.165) is 11.8 Å². The second kappa shape index (κ2) is 6.93. The van der Waals surface area contributed by atoms with E-state index < -0.39 is 0 Å². The topological polar surface area (TPSA) is 0 Å². The molecule has 0 bridgehead atoms. The largest absolute Gasteiger partial charge is 0.0868 e. The molecule has 0 aromatic heterocycles. The molecule has 0 nitrogen and oxygen atoms in total. The monoisotopic (exact) mass is 364 g/mol. The molecule has 2 aliphatic rings. The molecule has 0 amide bonds. The zero-order chi connectivity index (χ0) is 12.1. The smallest absolute Gasteiger partial charge is 0.0721 e. The predicted octanol–water partition coefficient (Wildman–Crippen LogP) is 6.41. The molecule has 0 saturated heterocycles. The fourth-order valence-corrected chi connectivity index (χ4v) is 5.32. The van der Waals surface area contributed by atoms with Gasteiger partial charge < -0.3 is 0 Å². The van der Waals surface area contributed by atoms with Crippen LogP contribution in [0.1, 0.15) is 77.0 Å². The van der Waals surface area contributed by atoms with E-state index in [1.165, 1.54) is 77.0 Å². The van der Waals surface area contributed by atoms with Crippen LogP contribution in [0.3, 0.4) is 0 Å². The minimum absolute atomic E-state index is 0.320. The van der Waals surface area contributed by atoms with Gasteiger partial charge in [0.25, 0.3) is 0 Å². The van der Waals surface area contributed by atoms with Crippen LogP contribution in [0.4, 0.5) is 0 Å². The predicted molar refractivity (Wildman–Crippen MR) is 83.0 cm³/mol. The average Bonchev–Trinajstić information content (AvgIpc) is 2.82. The summed E-state index contributed by atoms with van der Waals surface area (Å²) >= 11 is 7.77. The van der Waals surface area contributed by atoms with E-state index in [4.69, 9.17) is 0 Å². The van der Waals surface area contributed by atoms with Crippen molar-refractivity contribution in [1.29, 1.82) is 0 Å². The van der Waals surface area contributed by atoms with Crippen LogP contribution in [0, 0.1) is 11.8 Å². The molecule has 0 aliphatic heterocycles. The first-order valence-electron chi connectivity index (χ1n) is 7.61. The molecular formula is C15H26Br2.